The summed E-state index contributed by atoms with van der Waals surface area (Å²) >= 11 is 6.79. The number of ether oxygens (including phenoxy) is 2. The summed E-state index contributed by atoms with van der Waals surface area (Å²) in [6.07, 6.45) is 3.97. The van der Waals surface area contributed by atoms with E-state index in [1.807, 2.05) is 24.3 Å². The zero-order valence-corrected chi connectivity index (χ0v) is 42.4. The molecular weight excluding hydrogens is 962 g/mol. The number of amides is 5. The van der Waals surface area contributed by atoms with E-state index in [1.54, 1.807) is 41.3 Å². The minimum absolute atomic E-state index is 0.0845. The number of aromatic nitrogens is 2. The molecular formula is C55H60ClN11O7. The topological polar surface area (TPSA) is 206 Å². The highest BCUT2D eigenvalue weighted by Gasteiger charge is 2.37. The van der Waals surface area contributed by atoms with Crippen molar-refractivity contribution in [3.63, 3.8) is 0 Å². The van der Waals surface area contributed by atoms with Crippen molar-refractivity contribution in [1.29, 1.82) is 5.26 Å². The van der Waals surface area contributed by atoms with Crippen LogP contribution in [0.4, 0.5) is 22.0 Å². The fourth-order valence-corrected chi connectivity index (χ4v) is 10.7. The summed E-state index contributed by atoms with van der Waals surface area (Å²) < 4.78 is 12.5. The number of fused-ring (bicyclic) bond motifs is 3. The number of carbonyl (C=O) groups excluding carboxylic acids is 5. The number of benzene rings is 4. The van der Waals surface area contributed by atoms with Crippen molar-refractivity contribution in [2.75, 3.05) is 75.1 Å². The van der Waals surface area contributed by atoms with Gasteiger partial charge in [-0.1, -0.05) is 66.7 Å². The third kappa shape index (κ3) is 11.1. The maximum absolute atomic E-state index is 14.2. The number of para-hydroxylation sites is 2. The highest BCUT2D eigenvalue weighted by atomic mass is 35.5. The Morgan fingerprint density at radius 1 is 0.973 bits per heavy atom. The number of likely N-dealkylation sites (N-methyl/N-ethyl adjacent to an activating group) is 2. The van der Waals surface area contributed by atoms with Gasteiger partial charge >= 0.3 is 12.0 Å². The number of nitriles is 1. The average molecular weight is 1020 g/mol. The second-order valence-corrected chi connectivity index (χ2v) is 19.5. The molecule has 4 aliphatic rings. The number of aldehydes is 1. The fourth-order valence-electron chi connectivity index (χ4n) is 10.5. The SMILES string of the molecule is C=C(COc1ccccc1NC(=O)NCc1ccc2c(c1)CN(C(CCC=O)C(=O)NC)C2=O)C(=O)N1CCN(c2nc(OCC3CCCN3C)nc3c2CCN(c2cccc4cccc(Cl)c24)C3)CC1CC#N. The molecule has 0 aliphatic carbocycles. The lowest BCUT2D eigenvalue weighted by molar-refractivity contribution is -0.130. The predicted molar refractivity (Wildman–Crippen MR) is 281 cm³/mol. The lowest BCUT2D eigenvalue weighted by Gasteiger charge is -2.42. The second-order valence-electron chi connectivity index (χ2n) is 19.1. The standard InChI is InChI=1S/C55H60ClN11O7/c1-35(33-73-48-17-5-4-14-44(48)60-54(72)59-29-36-18-19-41-38(28-36)30-67(53(41)71)47(16-9-27-68)51(69)58-2)52(70)66-26-25-65(31-39(66)20-22-57)50-42-21-24-64(46-15-7-11-37-10-6-13-43(56)49(37)46)32-45(42)61-55(62-50)74-34-40-12-8-23-63(40)3/h4-7,10-11,13-15,17-19,27-28,39-40,47H,1,8-9,12,16,20-21,23-26,29-34H2,2-3H3,(H,58,69)(H2,59,60,72). The van der Waals surface area contributed by atoms with Gasteiger partial charge in [-0.15, -0.1) is 0 Å². The number of carbonyl (C=O) groups is 5. The van der Waals surface area contributed by atoms with Crippen LogP contribution < -0.4 is 35.2 Å². The molecule has 3 unspecified atom stereocenters. The molecule has 18 nitrogen and oxygen atoms in total. The number of nitrogens with zero attached hydrogens (tertiary/aromatic N) is 8. The van der Waals surface area contributed by atoms with E-state index in [-0.39, 0.29) is 68.3 Å². The summed E-state index contributed by atoms with van der Waals surface area (Å²) in [4.78, 5) is 84.3. The molecule has 19 heteroatoms. The minimum atomic E-state index is -0.783. The molecule has 4 aliphatic heterocycles. The van der Waals surface area contributed by atoms with Crippen molar-refractivity contribution >= 4 is 69.6 Å². The number of rotatable bonds is 18. The molecule has 5 heterocycles. The Labute approximate surface area is 435 Å². The number of nitrogens with one attached hydrogen (secondary N) is 3. The first-order valence-electron chi connectivity index (χ1n) is 25.0. The van der Waals surface area contributed by atoms with Crippen LogP contribution in [0.2, 0.25) is 5.02 Å². The molecule has 3 atom stereocenters. The molecule has 4 aromatic carbocycles. The van der Waals surface area contributed by atoms with Crippen LogP contribution in [0.3, 0.4) is 0 Å². The highest BCUT2D eigenvalue weighted by Crippen LogP contribution is 2.38. The van der Waals surface area contributed by atoms with Crippen LogP contribution in [0.5, 0.6) is 11.8 Å². The highest BCUT2D eigenvalue weighted by molar-refractivity contribution is 6.36. The van der Waals surface area contributed by atoms with Gasteiger partial charge in [-0.3, -0.25) is 14.4 Å². The average Bonchev–Trinajstić information content (AvgIpc) is 3.99. The van der Waals surface area contributed by atoms with E-state index >= 15 is 0 Å². The van der Waals surface area contributed by atoms with Crippen LogP contribution in [0, 0.1) is 11.3 Å². The van der Waals surface area contributed by atoms with E-state index < -0.39 is 18.1 Å². The van der Waals surface area contributed by atoms with Crippen molar-refractivity contribution in [2.45, 2.75) is 76.3 Å². The lowest BCUT2D eigenvalue weighted by atomic mass is 10.0. The van der Waals surface area contributed by atoms with E-state index in [2.05, 4.69) is 68.5 Å². The van der Waals surface area contributed by atoms with Crippen LogP contribution in [0.1, 0.15) is 64.8 Å². The van der Waals surface area contributed by atoms with E-state index in [0.29, 0.717) is 79.3 Å². The Bertz CT molecular complexity index is 3010. The largest absolute Gasteiger partial charge is 0.487 e. The second kappa shape index (κ2) is 23.0. The summed E-state index contributed by atoms with van der Waals surface area (Å²) in [6.45, 7) is 8.08. The van der Waals surface area contributed by atoms with Gasteiger partial charge in [0, 0.05) is 86.6 Å². The molecule has 74 heavy (non-hydrogen) atoms. The van der Waals surface area contributed by atoms with Gasteiger partial charge in [-0.2, -0.15) is 15.2 Å². The van der Waals surface area contributed by atoms with E-state index in [4.69, 9.17) is 31.0 Å². The van der Waals surface area contributed by atoms with E-state index in [0.717, 1.165) is 64.8 Å². The lowest BCUT2D eigenvalue weighted by Crippen LogP contribution is -2.56. The third-order valence-corrected chi connectivity index (χ3v) is 14.7. The van der Waals surface area contributed by atoms with Gasteiger partial charge in [0.25, 0.3) is 11.8 Å². The molecule has 0 spiro atoms. The molecule has 9 rings (SSSR count). The molecule has 5 amide bonds. The molecule has 0 radical (unpaired) electrons. The zero-order valence-electron chi connectivity index (χ0n) is 41.6. The van der Waals surface area contributed by atoms with Crippen molar-refractivity contribution < 1.29 is 33.4 Å². The fraction of sp³-hybridized carbons (Fsp3) is 0.382. The molecule has 1 aromatic heterocycles. The van der Waals surface area contributed by atoms with Crippen LogP contribution in [-0.4, -0.2) is 133 Å². The van der Waals surface area contributed by atoms with E-state index in [9.17, 15) is 29.2 Å². The van der Waals surface area contributed by atoms with Gasteiger partial charge in [0.05, 0.1) is 41.5 Å². The molecule has 2 fully saturated rings. The van der Waals surface area contributed by atoms with Crippen LogP contribution >= 0.6 is 11.6 Å². The monoisotopic (exact) mass is 1020 g/mol. The van der Waals surface area contributed by atoms with Gasteiger partial charge in [-0.25, -0.2) is 4.79 Å². The summed E-state index contributed by atoms with van der Waals surface area (Å²) in [6, 6.07) is 25.3. The quantitative estimate of drug-likeness (QED) is 0.0656. The van der Waals surface area contributed by atoms with Crippen LogP contribution in [0.15, 0.2) is 91.0 Å². The molecule has 384 valence electrons. The van der Waals surface area contributed by atoms with Crippen molar-refractivity contribution in [3.05, 3.63) is 124 Å². The Morgan fingerprint density at radius 2 is 1.80 bits per heavy atom. The number of piperazine rings is 1. The Balaban J connectivity index is 0.834. The summed E-state index contributed by atoms with van der Waals surface area (Å²) in [5.41, 5.74) is 5.37. The van der Waals surface area contributed by atoms with E-state index in [1.165, 1.54) is 11.9 Å². The Kier molecular flexibility index (Phi) is 15.9. The molecule has 0 bridgehead atoms. The van der Waals surface area contributed by atoms with Crippen molar-refractivity contribution in [1.82, 2.24) is 35.3 Å². The van der Waals surface area contributed by atoms with Gasteiger partial charge in [0.15, 0.2) is 0 Å². The molecule has 2 saturated heterocycles. The zero-order chi connectivity index (χ0) is 51.9. The maximum Gasteiger partial charge on any atom is 0.319 e. The first-order valence-corrected chi connectivity index (χ1v) is 25.4. The molecule has 0 saturated carbocycles. The van der Waals surface area contributed by atoms with Crippen LogP contribution in [-0.2, 0) is 40.4 Å². The number of hydrogen-bond acceptors (Lipinski definition) is 13. The van der Waals surface area contributed by atoms with Crippen molar-refractivity contribution in [2.24, 2.45) is 0 Å². The molecule has 5 aromatic rings. The number of anilines is 3. The third-order valence-electron chi connectivity index (χ3n) is 14.4. The first kappa shape index (κ1) is 51.2. The van der Waals surface area contributed by atoms with Crippen LogP contribution in [0.25, 0.3) is 10.8 Å². The number of halogens is 1. The number of likely N-dealkylation sites (tertiary alicyclic amines) is 1. The Morgan fingerprint density at radius 3 is 2.58 bits per heavy atom. The van der Waals surface area contributed by atoms with Gasteiger partial charge < -0.3 is 54.7 Å². The normalized spacial score (nSPS) is 17.8. The van der Waals surface area contributed by atoms with Crippen molar-refractivity contribution in [3.8, 4) is 17.8 Å². The number of hydrogen-bond donors (Lipinski definition) is 3. The molecule has 3 N–H and O–H groups in total. The predicted octanol–water partition coefficient (Wildman–Crippen LogP) is 6.26. The summed E-state index contributed by atoms with van der Waals surface area (Å²) in [5, 5.41) is 21.1. The van der Waals surface area contributed by atoms with Gasteiger partial charge in [0.2, 0.25) is 5.91 Å². The van der Waals surface area contributed by atoms with Gasteiger partial charge in [-0.05, 0) is 86.1 Å². The summed E-state index contributed by atoms with van der Waals surface area (Å²) in [5.74, 6) is 0.0979. The Hall–Kier alpha value is -7.75. The van der Waals surface area contributed by atoms with Gasteiger partial charge in [0.1, 0.15) is 37.1 Å². The maximum atomic E-state index is 14.2. The minimum Gasteiger partial charge on any atom is -0.487 e. The summed E-state index contributed by atoms with van der Waals surface area (Å²) in [7, 11) is 3.60. The first-order chi connectivity index (χ1) is 35.9. The smallest absolute Gasteiger partial charge is 0.319 e. The number of urea groups is 1.